The molecule has 1 amide bonds. The first kappa shape index (κ1) is 25.7. The van der Waals surface area contributed by atoms with Gasteiger partial charge in [0.25, 0.3) is 11.5 Å². The molecular weight excluding hydrogens is 525 g/mol. The number of aryl methyl sites for hydroxylation is 1. The molecule has 0 saturated carbocycles. The van der Waals surface area contributed by atoms with Crippen LogP contribution in [0.5, 0.6) is 0 Å². The number of unbranched alkanes of at least 4 members (excludes halogenated alkanes) is 2. The van der Waals surface area contributed by atoms with Crippen LogP contribution in [0.3, 0.4) is 0 Å². The van der Waals surface area contributed by atoms with Crippen molar-refractivity contribution < 1.29 is 9.18 Å². The molecule has 0 saturated heterocycles. The van der Waals surface area contributed by atoms with Crippen LogP contribution in [-0.4, -0.2) is 30.1 Å². The Morgan fingerprint density at radius 1 is 1.16 bits per heavy atom. The Labute approximate surface area is 224 Å². The van der Waals surface area contributed by atoms with E-state index in [-0.39, 0.29) is 32.9 Å². The van der Waals surface area contributed by atoms with E-state index in [1.54, 1.807) is 47.2 Å². The second-order valence-corrected chi connectivity index (χ2v) is 10.8. The molecule has 0 aliphatic heterocycles. The van der Waals surface area contributed by atoms with Crippen molar-refractivity contribution in [1.29, 1.82) is 5.41 Å². The first-order valence-corrected chi connectivity index (χ1v) is 13.9. The van der Waals surface area contributed by atoms with Crippen molar-refractivity contribution in [3.63, 3.8) is 0 Å². The van der Waals surface area contributed by atoms with E-state index in [0.717, 1.165) is 30.6 Å². The highest BCUT2D eigenvalue weighted by molar-refractivity contribution is 8.00. The maximum atomic E-state index is 13.9. The van der Waals surface area contributed by atoms with Gasteiger partial charge in [-0.2, -0.15) is 0 Å². The zero-order chi connectivity index (χ0) is 26.6. The standard InChI is InChI=1S/C26H24FN7O2S2/c1-2-3-7-13-34-21(28)17(14-18-22(34)29-20-11-6-8-12-33(20)24(18)36)23(35)30-25-31-32-26(38-25)37-15-16-9-4-5-10-19(16)27/h4-6,8-12,14,28H,2-3,7,13,15H2,1H3,(H,30,31,35). The number of anilines is 1. The summed E-state index contributed by atoms with van der Waals surface area (Å²) in [5.74, 6) is -0.484. The molecule has 0 bridgehead atoms. The molecule has 0 atom stereocenters. The number of halogens is 1. The Morgan fingerprint density at radius 2 is 1.97 bits per heavy atom. The van der Waals surface area contributed by atoms with Gasteiger partial charge in [0.15, 0.2) is 4.34 Å². The molecule has 0 unspecified atom stereocenters. The highest BCUT2D eigenvalue weighted by Crippen LogP contribution is 2.29. The predicted octanol–water partition coefficient (Wildman–Crippen LogP) is 4.85. The van der Waals surface area contributed by atoms with Crippen molar-refractivity contribution in [3.8, 4) is 0 Å². The molecule has 4 heterocycles. The van der Waals surface area contributed by atoms with Gasteiger partial charge in [-0.15, -0.1) is 10.2 Å². The molecule has 0 radical (unpaired) electrons. The summed E-state index contributed by atoms with van der Waals surface area (Å²) in [7, 11) is 0. The Kier molecular flexibility index (Phi) is 7.61. The number of benzene rings is 1. The fourth-order valence-corrected chi connectivity index (χ4v) is 5.77. The number of aromatic nitrogens is 5. The second-order valence-electron chi connectivity index (χ2n) is 8.56. The highest BCUT2D eigenvalue weighted by Gasteiger charge is 2.19. The summed E-state index contributed by atoms with van der Waals surface area (Å²) >= 11 is 2.47. The van der Waals surface area contributed by atoms with E-state index in [0.29, 0.717) is 33.5 Å². The zero-order valence-electron chi connectivity index (χ0n) is 20.5. The Bertz CT molecular complexity index is 1760. The van der Waals surface area contributed by atoms with E-state index in [2.05, 4.69) is 27.4 Å². The lowest BCUT2D eigenvalue weighted by atomic mass is 10.2. The van der Waals surface area contributed by atoms with Crippen molar-refractivity contribution in [3.05, 3.63) is 87.5 Å². The van der Waals surface area contributed by atoms with Crippen LogP contribution in [0, 0.1) is 11.2 Å². The summed E-state index contributed by atoms with van der Waals surface area (Å²) in [5.41, 5.74) is 1.10. The molecule has 12 heteroatoms. The molecule has 0 aliphatic carbocycles. The number of carbonyl (C=O) groups excluding carboxylic acids is 1. The number of thioether (sulfide) groups is 1. The monoisotopic (exact) mass is 549 g/mol. The number of amides is 1. The summed E-state index contributed by atoms with van der Waals surface area (Å²) in [6.07, 6.45) is 4.33. The van der Waals surface area contributed by atoms with Gasteiger partial charge in [0.05, 0.1) is 10.9 Å². The third kappa shape index (κ3) is 5.22. The van der Waals surface area contributed by atoms with Crippen LogP contribution in [0.15, 0.2) is 63.9 Å². The maximum absolute atomic E-state index is 13.9. The minimum atomic E-state index is -0.569. The molecular formula is C26H24FN7O2S2. The van der Waals surface area contributed by atoms with Gasteiger partial charge in [-0.3, -0.25) is 24.7 Å². The molecule has 5 rings (SSSR count). The smallest absolute Gasteiger partial charge is 0.267 e. The van der Waals surface area contributed by atoms with Gasteiger partial charge in [-0.25, -0.2) is 9.37 Å². The normalized spacial score (nSPS) is 11.3. The number of hydrogen-bond acceptors (Lipinski definition) is 8. The molecule has 38 heavy (non-hydrogen) atoms. The summed E-state index contributed by atoms with van der Waals surface area (Å²) in [6.45, 7) is 2.53. The van der Waals surface area contributed by atoms with Gasteiger partial charge < -0.3 is 4.57 Å². The Hall–Kier alpha value is -3.90. The largest absolute Gasteiger partial charge is 0.310 e. The topological polar surface area (TPSA) is 118 Å². The molecule has 1 aromatic carbocycles. The van der Waals surface area contributed by atoms with E-state index in [1.165, 1.54) is 28.3 Å². The molecule has 4 aromatic heterocycles. The molecule has 5 aromatic rings. The van der Waals surface area contributed by atoms with Crippen LogP contribution < -0.4 is 16.4 Å². The average Bonchev–Trinajstić information content (AvgIpc) is 3.36. The molecule has 194 valence electrons. The molecule has 9 nitrogen and oxygen atoms in total. The number of nitrogens with one attached hydrogen (secondary N) is 2. The van der Waals surface area contributed by atoms with Crippen LogP contribution >= 0.6 is 23.1 Å². The number of rotatable bonds is 9. The fourth-order valence-electron chi connectivity index (χ4n) is 4.04. The SMILES string of the molecule is CCCCCn1c(=N)c(C(=O)Nc2nnc(SCc3ccccc3F)s2)cc2c(=O)n3ccccc3nc21. The molecule has 0 aliphatic rings. The number of nitrogens with zero attached hydrogens (tertiary/aromatic N) is 5. The predicted molar refractivity (Wildman–Crippen MR) is 146 cm³/mol. The summed E-state index contributed by atoms with van der Waals surface area (Å²) in [6, 6.07) is 13.2. The van der Waals surface area contributed by atoms with Crippen LogP contribution in [0.2, 0.25) is 0 Å². The summed E-state index contributed by atoms with van der Waals surface area (Å²) in [4.78, 5) is 31.2. The van der Waals surface area contributed by atoms with Crippen molar-refractivity contribution in [2.45, 2.75) is 42.8 Å². The third-order valence-corrected chi connectivity index (χ3v) is 8.00. The van der Waals surface area contributed by atoms with E-state index in [1.807, 2.05) is 0 Å². The number of hydrogen-bond donors (Lipinski definition) is 2. The lowest BCUT2D eigenvalue weighted by molar-refractivity contribution is 0.102. The summed E-state index contributed by atoms with van der Waals surface area (Å²) in [5, 5.41) is 20.1. The fraction of sp³-hybridized carbons (Fsp3) is 0.231. The van der Waals surface area contributed by atoms with Gasteiger partial charge in [-0.1, -0.05) is 67.1 Å². The molecule has 0 fully saturated rings. The quantitative estimate of drug-likeness (QED) is 0.117. The van der Waals surface area contributed by atoms with Crippen molar-refractivity contribution in [2.75, 3.05) is 5.32 Å². The van der Waals surface area contributed by atoms with E-state index in [4.69, 9.17) is 5.41 Å². The Balaban J connectivity index is 1.46. The Morgan fingerprint density at radius 3 is 2.79 bits per heavy atom. The number of pyridine rings is 2. The highest BCUT2D eigenvalue weighted by atomic mass is 32.2. The molecule has 0 spiro atoms. The van der Waals surface area contributed by atoms with Crippen LogP contribution in [0.25, 0.3) is 16.7 Å². The lowest BCUT2D eigenvalue weighted by Gasteiger charge is -2.14. The van der Waals surface area contributed by atoms with Crippen LogP contribution in [0.4, 0.5) is 9.52 Å². The average molecular weight is 550 g/mol. The minimum absolute atomic E-state index is 0.0306. The van der Waals surface area contributed by atoms with Gasteiger partial charge >= 0.3 is 0 Å². The number of carbonyl (C=O) groups is 1. The first-order chi connectivity index (χ1) is 18.5. The second kappa shape index (κ2) is 11.2. The van der Waals surface area contributed by atoms with Gasteiger partial charge in [0.2, 0.25) is 5.13 Å². The van der Waals surface area contributed by atoms with Gasteiger partial charge in [0, 0.05) is 18.5 Å². The van der Waals surface area contributed by atoms with Gasteiger partial charge in [0.1, 0.15) is 22.6 Å². The lowest BCUT2D eigenvalue weighted by Crippen LogP contribution is -2.32. The number of fused-ring (bicyclic) bond motifs is 2. The van der Waals surface area contributed by atoms with E-state index >= 15 is 0 Å². The summed E-state index contributed by atoms with van der Waals surface area (Å²) < 4.78 is 17.5. The van der Waals surface area contributed by atoms with Crippen molar-refractivity contribution in [2.24, 2.45) is 0 Å². The van der Waals surface area contributed by atoms with Crippen LogP contribution in [-0.2, 0) is 12.3 Å². The van der Waals surface area contributed by atoms with Crippen LogP contribution in [0.1, 0.15) is 42.1 Å². The van der Waals surface area contributed by atoms with E-state index < -0.39 is 5.91 Å². The third-order valence-electron chi connectivity index (χ3n) is 5.98. The zero-order valence-corrected chi connectivity index (χ0v) is 22.1. The first-order valence-electron chi connectivity index (χ1n) is 12.1. The molecule has 2 N–H and O–H groups in total. The van der Waals surface area contributed by atoms with Crippen molar-refractivity contribution >= 4 is 50.8 Å². The minimum Gasteiger partial charge on any atom is -0.310 e. The van der Waals surface area contributed by atoms with Gasteiger partial charge in [-0.05, 0) is 36.2 Å². The van der Waals surface area contributed by atoms with Crippen molar-refractivity contribution in [1.82, 2.24) is 24.1 Å². The maximum Gasteiger partial charge on any atom is 0.267 e. The van der Waals surface area contributed by atoms with E-state index in [9.17, 15) is 14.0 Å².